The Kier molecular flexibility index (Phi) is 4.70. The van der Waals surface area contributed by atoms with Gasteiger partial charge in [-0.1, -0.05) is 30.3 Å². The molecule has 2 aromatic rings. The fraction of sp³-hybridized carbons (Fsp3) is 0.375. The Balaban J connectivity index is 1.90. The molecule has 1 aromatic heterocycles. The third-order valence-electron chi connectivity index (χ3n) is 3.65. The molecule has 0 aliphatic carbocycles. The van der Waals surface area contributed by atoms with E-state index in [2.05, 4.69) is 27.6 Å². The average molecular weight is 395 g/mol. The number of nitrogens with two attached hydrogens (primary N) is 1. The number of benzene rings is 1. The minimum absolute atomic E-state index is 0.224. The van der Waals surface area contributed by atoms with E-state index in [4.69, 9.17) is 15.5 Å². The summed E-state index contributed by atoms with van der Waals surface area (Å²) in [7, 11) is 0. The van der Waals surface area contributed by atoms with E-state index in [1.807, 2.05) is 30.3 Å². The van der Waals surface area contributed by atoms with Gasteiger partial charge in [0.2, 0.25) is 0 Å². The zero-order valence-electron chi connectivity index (χ0n) is 11.8. The molecule has 4 nitrogen and oxygen atoms in total. The predicted octanol–water partition coefficient (Wildman–Crippen LogP) is 3.44. The van der Waals surface area contributed by atoms with Gasteiger partial charge < -0.3 is 10.5 Å². The van der Waals surface area contributed by atoms with Gasteiger partial charge in [-0.3, -0.25) is 0 Å². The van der Waals surface area contributed by atoms with Crippen LogP contribution in [0.1, 0.15) is 25.1 Å². The van der Waals surface area contributed by atoms with Crippen LogP contribution in [-0.2, 0) is 11.2 Å². The van der Waals surface area contributed by atoms with Crippen molar-refractivity contribution in [2.75, 3.05) is 12.3 Å². The molecule has 1 aromatic carbocycles. The van der Waals surface area contributed by atoms with Gasteiger partial charge in [-0.15, -0.1) is 0 Å². The van der Waals surface area contributed by atoms with Crippen LogP contribution in [0.4, 0.5) is 5.82 Å². The number of aromatic nitrogens is 2. The Morgan fingerprint density at radius 3 is 2.71 bits per heavy atom. The van der Waals surface area contributed by atoms with Gasteiger partial charge in [-0.2, -0.15) is 0 Å². The van der Waals surface area contributed by atoms with Gasteiger partial charge in [0.15, 0.2) is 0 Å². The lowest BCUT2D eigenvalue weighted by Gasteiger charge is -2.22. The molecule has 110 valence electrons. The van der Waals surface area contributed by atoms with Gasteiger partial charge in [0, 0.05) is 18.6 Å². The van der Waals surface area contributed by atoms with Gasteiger partial charge in [0.05, 0.1) is 15.4 Å². The van der Waals surface area contributed by atoms with Crippen LogP contribution in [0.5, 0.6) is 0 Å². The van der Waals surface area contributed by atoms with Crippen LogP contribution < -0.4 is 5.73 Å². The van der Waals surface area contributed by atoms with Crippen molar-refractivity contribution < 1.29 is 4.74 Å². The lowest BCUT2D eigenvalue weighted by Crippen LogP contribution is -2.23. The number of rotatable bonds is 3. The maximum absolute atomic E-state index is 6.06. The molecule has 1 unspecified atom stereocenters. The molecule has 5 heteroatoms. The van der Waals surface area contributed by atoms with Crippen molar-refractivity contribution in [3.8, 4) is 11.3 Å². The van der Waals surface area contributed by atoms with Crippen LogP contribution in [0.2, 0.25) is 0 Å². The van der Waals surface area contributed by atoms with Gasteiger partial charge in [0.1, 0.15) is 11.6 Å². The summed E-state index contributed by atoms with van der Waals surface area (Å²) in [6, 6.07) is 10.1. The topological polar surface area (TPSA) is 61.0 Å². The van der Waals surface area contributed by atoms with E-state index in [1.54, 1.807) is 0 Å². The quantitative estimate of drug-likeness (QED) is 0.809. The fourth-order valence-corrected chi connectivity index (χ4v) is 3.12. The van der Waals surface area contributed by atoms with E-state index in [9.17, 15) is 0 Å². The van der Waals surface area contributed by atoms with E-state index >= 15 is 0 Å². The Hall–Kier alpha value is -1.21. The normalized spacial score (nSPS) is 18.6. The number of halogens is 1. The van der Waals surface area contributed by atoms with E-state index in [0.717, 1.165) is 46.5 Å². The van der Waals surface area contributed by atoms with E-state index in [0.29, 0.717) is 5.82 Å². The molecular formula is C16H18IN3O. The summed E-state index contributed by atoms with van der Waals surface area (Å²) >= 11 is 2.21. The molecular weight excluding hydrogens is 377 g/mol. The van der Waals surface area contributed by atoms with Crippen molar-refractivity contribution in [3.63, 3.8) is 0 Å². The first-order valence-corrected chi connectivity index (χ1v) is 8.31. The highest BCUT2D eigenvalue weighted by molar-refractivity contribution is 14.1. The number of nitrogen functional groups attached to an aromatic ring is 1. The van der Waals surface area contributed by atoms with Gasteiger partial charge in [-0.05, 0) is 41.9 Å². The van der Waals surface area contributed by atoms with Gasteiger partial charge >= 0.3 is 0 Å². The third-order valence-corrected chi connectivity index (χ3v) is 4.72. The predicted molar refractivity (Wildman–Crippen MR) is 91.9 cm³/mol. The van der Waals surface area contributed by atoms with Gasteiger partial charge in [0.25, 0.3) is 0 Å². The number of anilines is 1. The van der Waals surface area contributed by atoms with Crippen LogP contribution in [0.25, 0.3) is 11.3 Å². The molecule has 0 saturated carbocycles. The number of hydrogen-bond acceptors (Lipinski definition) is 4. The molecule has 1 saturated heterocycles. The second-order valence-corrected chi connectivity index (χ2v) is 6.33. The standard InChI is InChI=1S/C16H18IN3O/c17-14-15(11-6-2-1-3-7-11)19-13(20-16(14)18)10-12-8-4-5-9-21-12/h1-3,6-7,12H,4-5,8-10H2,(H2,18,19,20). The summed E-state index contributed by atoms with van der Waals surface area (Å²) in [4.78, 5) is 9.15. The average Bonchev–Trinajstić information content (AvgIpc) is 2.52. The third kappa shape index (κ3) is 3.52. The molecule has 0 bridgehead atoms. The molecule has 21 heavy (non-hydrogen) atoms. The largest absolute Gasteiger partial charge is 0.383 e. The van der Waals surface area contributed by atoms with Gasteiger partial charge in [-0.25, -0.2) is 9.97 Å². The maximum Gasteiger partial charge on any atom is 0.141 e. The molecule has 0 amide bonds. The highest BCUT2D eigenvalue weighted by Crippen LogP contribution is 2.27. The highest BCUT2D eigenvalue weighted by Gasteiger charge is 2.18. The lowest BCUT2D eigenvalue weighted by atomic mass is 10.1. The van der Waals surface area contributed by atoms with E-state index < -0.39 is 0 Å². The van der Waals surface area contributed by atoms with Crippen LogP contribution in [0.3, 0.4) is 0 Å². The van der Waals surface area contributed by atoms with Crippen LogP contribution in [-0.4, -0.2) is 22.7 Å². The summed E-state index contributed by atoms with van der Waals surface area (Å²) in [5.74, 6) is 1.33. The first kappa shape index (κ1) is 14.7. The van der Waals surface area contributed by atoms with Crippen molar-refractivity contribution >= 4 is 28.4 Å². The zero-order chi connectivity index (χ0) is 14.7. The lowest BCUT2D eigenvalue weighted by molar-refractivity contribution is 0.0157. The van der Waals surface area contributed by atoms with Crippen LogP contribution in [0, 0.1) is 3.57 Å². The summed E-state index contributed by atoms with van der Waals surface area (Å²) < 4.78 is 6.68. The maximum atomic E-state index is 6.06. The van der Waals surface area contributed by atoms with E-state index in [1.165, 1.54) is 6.42 Å². The number of ether oxygens (including phenoxy) is 1. The first-order valence-electron chi connectivity index (χ1n) is 7.23. The van der Waals surface area contributed by atoms with Crippen LogP contribution in [0.15, 0.2) is 30.3 Å². The summed E-state index contributed by atoms with van der Waals surface area (Å²) in [6.45, 7) is 0.843. The minimum Gasteiger partial charge on any atom is -0.383 e. The Morgan fingerprint density at radius 1 is 1.19 bits per heavy atom. The molecule has 2 heterocycles. The summed E-state index contributed by atoms with van der Waals surface area (Å²) in [5, 5.41) is 0. The summed E-state index contributed by atoms with van der Waals surface area (Å²) in [5.41, 5.74) is 8.05. The van der Waals surface area contributed by atoms with Crippen molar-refractivity contribution in [2.45, 2.75) is 31.8 Å². The van der Waals surface area contributed by atoms with Crippen molar-refractivity contribution in [2.24, 2.45) is 0 Å². The molecule has 0 spiro atoms. The van der Waals surface area contributed by atoms with Crippen LogP contribution >= 0.6 is 22.6 Å². The highest BCUT2D eigenvalue weighted by atomic mass is 127. The zero-order valence-corrected chi connectivity index (χ0v) is 13.9. The molecule has 1 aliphatic heterocycles. The van der Waals surface area contributed by atoms with E-state index in [-0.39, 0.29) is 6.10 Å². The molecule has 1 fully saturated rings. The van der Waals surface area contributed by atoms with Crippen molar-refractivity contribution in [3.05, 3.63) is 39.7 Å². The van der Waals surface area contributed by atoms with Crippen molar-refractivity contribution in [1.82, 2.24) is 9.97 Å². The molecule has 2 N–H and O–H groups in total. The second kappa shape index (κ2) is 6.70. The summed E-state index contributed by atoms with van der Waals surface area (Å²) in [6.07, 6.45) is 4.41. The van der Waals surface area contributed by atoms with Crippen molar-refractivity contribution in [1.29, 1.82) is 0 Å². The molecule has 1 atom stereocenters. The fourth-order valence-electron chi connectivity index (χ4n) is 2.56. The number of hydrogen-bond donors (Lipinski definition) is 1. The molecule has 1 aliphatic rings. The number of nitrogens with zero attached hydrogens (tertiary/aromatic N) is 2. The monoisotopic (exact) mass is 395 g/mol. The Morgan fingerprint density at radius 2 is 2.00 bits per heavy atom. The Labute approximate surface area is 138 Å². The second-order valence-electron chi connectivity index (χ2n) is 5.25. The Bertz CT molecular complexity index is 612. The molecule has 3 rings (SSSR count). The molecule has 0 radical (unpaired) electrons. The first-order chi connectivity index (χ1) is 10.2. The smallest absolute Gasteiger partial charge is 0.141 e. The SMILES string of the molecule is Nc1nc(CC2CCCCO2)nc(-c2ccccc2)c1I. The minimum atomic E-state index is 0.224.